The maximum Gasteiger partial charge on any atom is 0.0759 e. The summed E-state index contributed by atoms with van der Waals surface area (Å²) in [6.07, 6.45) is 3.87. The first-order valence-electron chi connectivity index (χ1n) is 7.62. The largest absolute Gasteiger partial charge is 0.377 e. The molecule has 2 rings (SSSR count). The molecule has 1 heterocycles. The molecule has 20 heavy (non-hydrogen) atoms. The summed E-state index contributed by atoms with van der Waals surface area (Å²) in [5, 5.41) is 8.04. The van der Waals surface area contributed by atoms with E-state index in [-0.39, 0.29) is 0 Å². The number of likely N-dealkylation sites (N-methyl/N-ethyl adjacent to an activating group) is 1. The van der Waals surface area contributed by atoms with Crippen LogP contribution in [0.5, 0.6) is 0 Å². The Labute approximate surface area is 130 Å². The zero-order chi connectivity index (χ0) is 14.7. The van der Waals surface area contributed by atoms with Crippen molar-refractivity contribution in [2.75, 3.05) is 13.7 Å². The van der Waals surface area contributed by atoms with Gasteiger partial charge in [-0.05, 0) is 62.5 Å². The van der Waals surface area contributed by atoms with Crippen molar-refractivity contribution in [2.45, 2.75) is 58.7 Å². The average Bonchev–Trinajstić information content (AvgIpc) is 3.24. The van der Waals surface area contributed by atoms with E-state index in [1.165, 1.54) is 18.5 Å². The molecule has 0 amide bonds. The fourth-order valence-corrected chi connectivity index (χ4v) is 3.30. The lowest BCUT2D eigenvalue weighted by Gasteiger charge is -2.27. The zero-order valence-corrected chi connectivity index (χ0v) is 14.5. The van der Waals surface area contributed by atoms with Gasteiger partial charge >= 0.3 is 0 Å². The van der Waals surface area contributed by atoms with Crippen LogP contribution in [0.15, 0.2) is 4.47 Å². The first-order chi connectivity index (χ1) is 9.62. The second kappa shape index (κ2) is 7.05. The van der Waals surface area contributed by atoms with E-state index in [9.17, 15) is 0 Å². The molecular weight excluding hydrogens is 318 g/mol. The normalized spacial score (nSPS) is 18.2. The van der Waals surface area contributed by atoms with Crippen LogP contribution in [0.1, 0.15) is 38.1 Å². The highest BCUT2D eigenvalue weighted by atomic mass is 79.9. The van der Waals surface area contributed by atoms with Gasteiger partial charge in [0.15, 0.2) is 0 Å². The Balaban J connectivity index is 2.16. The van der Waals surface area contributed by atoms with E-state index in [0.29, 0.717) is 12.1 Å². The zero-order valence-electron chi connectivity index (χ0n) is 12.9. The number of hydrogen-bond acceptors (Lipinski definition) is 3. The average molecular weight is 344 g/mol. The second-order valence-electron chi connectivity index (χ2n) is 5.52. The van der Waals surface area contributed by atoms with Gasteiger partial charge in [-0.1, -0.05) is 0 Å². The SMILES string of the molecule is CCOC(C1CC1)C(Cc1c(Br)c(C)nn1CC)NC. The molecule has 1 aromatic heterocycles. The highest BCUT2D eigenvalue weighted by molar-refractivity contribution is 9.10. The number of ether oxygens (including phenoxy) is 1. The molecule has 1 aromatic rings. The summed E-state index contributed by atoms with van der Waals surface area (Å²) >= 11 is 3.69. The summed E-state index contributed by atoms with van der Waals surface area (Å²) < 4.78 is 9.24. The van der Waals surface area contributed by atoms with Crippen molar-refractivity contribution in [3.8, 4) is 0 Å². The van der Waals surface area contributed by atoms with Crippen LogP contribution in [-0.4, -0.2) is 35.6 Å². The van der Waals surface area contributed by atoms with E-state index in [4.69, 9.17) is 4.74 Å². The summed E-state index contributed by atoms with van der Waals surface area (Å²) in [7, 11) is 2.03. The smallest absolute Gasteiger partial charge is 0.0759 e. The Morgan fingerprint density at radius 3 is 2.65 bits per heavy atom. The minimum absolute atomic E-state index is 0.317. The summed E-state index contributed by atoms with van der Waals surface area (Å²) in [6, 6.07) is 0.347. The molecule has 5 heteroatoms. The molecule has 114 valence electrons. The van der Waals surface area contributed by atoms with Crippen LogP contribution in [0.25, 0.3) is 0 Å². The van der Waals surface area contributed by atoms with Crippen molar-refractivity contribution in [3.05, 3.63) is 15.9 Å². The molecule has 0 bridgehead atoms. The first kappa shape index (κ1) is 16.0. The number of hydrogen-bond donors (Lipinski definition) is 1. The van der Waals surface area contributed by atoms with Gasteiger partial charge in [-0.3, -0.25) is 4.68 Å². The van der Waals surface area contributed by atoms with Crippen molar-refractivity contribution in [3.63, 3.8) is 0 Å². The monoisotopic (exact) mass is 343 g/mol. The van der Waals surface area contributed by atoms with Crippen LogP contribution in [0.4, 0.5) is 0 Å². The molecule has 2 unspecified atom stereocenters. The number of nitrogens with one attached hydrogen (secondary N) is 1. The van der Waals surface area contributed by atoms with Gasteiger partial charge in [-0.25, -0.2) is 0 Å². The van der Waals surface area contributed by atoms with E-state index in [0.717, 1.165) is 35.7 Å². The lowest BCUT2D eigenvalue weighted by molar-refractivity contribution is 0.0206. The van der Waals surface area contributed by atoms with Crippen molar-refractivity contribution in [2.24, 2.45) is 5.92 Å². The van der Waals surface area contributed by atoms with Gasteiger partial charge in [0, 0.05) is 25.6 Å². The van der Waals surface area contributed by atoms with E-state index < -0.39 is 0 Å². The van der Waals surface area contributed by atoms with Crippen molar-refractivity contribution >= 4 is 15.9 Å². The van der Waals surface area contributed by atoms with Crippen molar-refractivity contribution < 1.29 is 4.74 Å². The number of aryl methyl sites for hydroxylation is 2. The highest BCUT2D eigenvalue weighted by Crippen LogP contribution is 2.37. The van der Waals surface area contributed by atoms with Crippen LogP contribution < -0.4 is 5.32 Å². The number of halogens is 1. The number of aromatic nitrogens is 2. The summed E-state index contributed by atoms with van der Waals surface area (Å²) in [4.78, 5) is 0. The van der Waals surface area contributed by atoms with Crippen LogP contribution in [-0.2, 0) is 17.7 Å². The molecule has 1 aliphatic rings. The van der Waals surface area contributed by atoms with Gasteiger partial charge in [0.05, 0.1) is 22.0 Å². The van der Waals surface area contributed by atoms with Crippen LogP contribution >= 0.6 is 15.9 Å². The van der Waals surface area contributed by atoms with Crippen LogP contribution in [0.3, 0.4) is 0 Å². The Morgan fingerprint density at radius 2 is 2.15 bits per heavy atom. The van der Waals surface area contributed by atoms with Crippen molar-refractivity contribution in [1.82, 2.24) is 15.1 Å². The van der Waals surface area contributed by atoms with Crippen LogP contribution in [0.2, 0.25) is 0 Å². The molecule has 0 saturated heterocycles. The number of nitrogens with zero attached hydrogens (tertiary/aromatic N) is 2. The summed E-state index contributed by atoms with van der Waals surface area (Å²) in [6.45, 7) is 7.96. The molecule has 0 aliphatic heterocycles. The van der Waals surface area contributed by atoms with Gasteiger partial charge in [-0.2, -0.15) is 5.10 Å². The Morgan fingerprint density at radius 1 is 1.45 bits per heavy atom. The fraction of sp³-hybridized carbons (Fsp3) is 0.800. The molecule has 0 aromatic carbocycles. The third-order valence-electron chi connectivity index (χ3n) is 4.08. The second-order valence-corrected chi connectivity index (χ2v) is 6.31. The van der Waals surface area contributed by atoms with Gasteiger partial charge in [-0.15, -0.1) is 0 Å². The van der Waals surface area contributed by atoms with Crippen LogP contribution in [0, 0.1) is 12.8 Å². The number of rotatable bonds is 8. The standard InChI is InChI=1S/C15H26BrN3O/c1-5-19-13(14(16)10(3)18-19)9-12(17-4)15(20-6-2)11-7-8-11/h11-12,15,17H,5-9H2,1-4H3. The van der Waals surface area contributed by atoms with E-state index in [1.807, 2.05) is 7.05 Å². The van der Waals surface area contributed by atoms with E-state index >= 15 is 0 Å². The third kappa shape index (κ3) is 3.43. The Kier molecular flexibility index (Phi) is 5.64. The van der Waals surface area contributed by atoms with Gasteiger partial charge in [0.25, 0.3) is 0 Å². The van der Waals surface area contributed by atoms with Gasteiger partial charge in [0.2, 0.25) is 0 Å². The summed E-state index contributed by atoms with van der Waals surface area (Å²) in [5.41, 5.74) is 2.34. The van der Waals surface area contributed by atoms with E-state index in [1.54, 1.807) is 0 Å². The Hall–Kier alpha value is -0.390. The maximum atomic E-state index is 6.00. The van der Waals surface area contributed by atoms with Gasteiger partial charge < -0.3 is 10.1 Å². The molecule has 4 nitrogen and oxygen atoms in total. The fourth-order valence-electron chi connectivity index (χ4n) is 2.85. The molecule has 0 spiro atoms. The summed E-state index contributed by atoms with van der Waals surface area (Å²) in [5.74, 6) is 0.727. The predicted molar refractivity (Wildman–Crippen MR) is 85.0 cm³/mol. The third-order valence-corrected chi connectivity index (χ3v) is 5.11. The topological polar surface area (TPSA) is 39.1 Å². The molecule has 0 radical (unpaired) electrons. The molecule has 1 N–H and O–H groups in total. The lowest BCUT2D eigenvalue weighted by atomic mass is 10.0. The quantitative estimate of drug-likeness (QED) is 0.788. The first-order valence-corrected chi connectivity index (χ1v) is 8.42. The Bertz CT molecular complexity index is 443. The molecular formula is C15H26BrN3O. The maximum absolute atomic E-state index is 6.00. The molecule has 1 fully saturated rings. The minimum atomic E-state index is 0.317. The lowest BCUT2D eigenvalue weighted by Crippen LogP contribution is -2.43. The van der Waals surface area contributed by atoms with E-state index in [2.05, 4.69) is 51.8 Å². The highest BCUT2D eigenvalue weighted by Gasteiger charge is 2.37. The molecule has 1 saturated carbocycles. The predicted octanol–water partition coefficient (Wildman–Crippen LogP) is 2.92. The molecule has 1 aliphatic carbocycles. The van der Waals surface area contributed by atoms with Crippen molar-refractivity contribution in [1.29, 1.82) is 0 Å². The van der Waals surface area contributed by atoms with Gasteiger partial charge in [0.1, 0.15) is 0 Å². The minimum Gasteiger partial charge on any atom is -0.377 e. The molecule has 2 atom stereocenters.